The minimum Gasteiger partial charge on any atom is -0.394 e. The van der Waals surface area contributed by atoms with Crippen LogP contribution >= 0.6 is 0 Å². The molecule has 122 valence electrons. The number of aliphatic hydroxyl groups is 2. The second kappa shape index (κ2) is 6.55. The number of rotatable bonds is 6. The van der Waals surface area contributed by atoms with E-state index < -0.39 is 35.8 Å². The summed E-state index contributed by atoms with van der Waals surface area (Å²) in [5, 5.41) is 20.0. The largest absolute Gasteiger partial charge is 0.394 e. The van der Waals surface area contributed by atoms with Crippen LogP contribution in [-0.2, 0) is 9.53 Å². The average molecular weight is 312 g/mol. The topological polar surface area (TPSA) is 122 Å². The molecule has 1 aromatic rings. The highest BCUT2D eigenvalue weighted by Crippen LogP contribution is 2.39. The molecule has 2 rings (SSSR count). The summed E-state index contributed by atoms with van der Waals surface area (Å²) < 4.78 is 6.72. The second-order valence-corrected chi connectivity index (χ2v) is 5.64. The molecule has 8 nitrogen and oxygen atoms in total. The van der Waals surface area contributed by atoms with Crippen LogP contribution in [0.1, 0.15) is 38.8 Å². The van der Waals surface area contributed by atoms with E-state index in [9.17, 15) is 24.6 Å². The van der Waals surface area contributed by atoms with Crippen LogP contribution in [0.4, 0.5) is 0 Å². The Morgan fingerprint density at radius 1 is 1.55 bits per heavy atom. The quantitative estimate of drug-likeness (QED) is 0.639. The average Bonchev–Trinajstić information content (AvgIpc) is 2.75. The van der Waals surface area contributed by atoms with Crippen molar-refractivity contribution >= 4 is 5.78 Å². The summed E-state index contributed by atoms with van der Waals surface area (Å²) >= 11 is 0. The third-order valence-electron chi connectivity index (χ3n) is 3.91. The van der Waals surface area contributed by atoms with Gasteiger partial charge in [0, 0.05) is 25.1 Å². The number of carbonyl (C=O) groups excluding carboxylic acids is 1. The zero-order valence-corrected chi connectivity index (χ0v) is 12.3. The molecule has 0 unspecified atom stereocenters. The minimum atomic E-state index is -1.32. The van der Waals surface area contributed by atoms with Gasteiger partial charge in [0.05, 0.1) is 12.2 Å². The van der Waals surface area contributed by atoms with E-state index in [1.165, 1.54) is 23.8 Å². The molecular formula is C14H20N2O6. The van der Waals surface area contributed by atoms with Crippen molar-refractivity contribution in [3.63, 3.8) is 0 Å². The lowest BCUT2D eigenvalue weighted by atomic mass is 9.89. The highest BCUT2D eigenvalue weighted by atomic mass is 16.5. The molecule has 2 heterocycles. The molecule has 8 heteroatoms. The van der Waals surface area contributed by atoms with Gasteiger partial charge in [0.1, 0.15) is 18.1 Å². The molecule has 3 atom stereocenters. The number of aromatic nitrogens is 2. The van der Waals surface area contributed by atoms with Crippen molar-refractivity contribution in [2.75, 3.05) is 6.61 Å². The molecule has 0 saturated carbocycles. The maximum Gasteiger partial charge on any atom is 0.330 e. The number of aromatic amines is 1. The SMILES string of the molecule is CC(=O)CCC[C@]1(O)C[C@H](n2ccc(=O)[nH]c2=O)O[C@@H]1CO. The molecule has 1 aliphatic rings. The van der Waals surface area contributed by atoms with Crippen molar-refractivity contribution in [2.45, 2.75) is 50.5 Å². The number of aliphatic hydroxyl groups excluding tert-OH is 1. The highest BCUT2D eigenvalue weighted by molar-refractivity contribution is 5.75. The van der Waals surface area contributed by atoms with Gasteiger partial charge in [0.15, 0.2) is 0 Å². The number of H-pyrrole nitrogens is 1. The fraction of sp³-hybridized carbons (Fsp3) is 0.643. The van der Waals surface area contributed by atoms with E-state index in [1.807, 2.05) is 0 Å². The van der Waals surface area contributed by atoms with E-state index in [1.54, 1.807) is 0 Å². The highest BCUT2D eigenvalue weighted by Gasteiger charge is 2.47. The van der Waals surface area contributed by atoms with Gasteiger partial charge in [-0.05, 0) is 19.8 Å². The zero-order chi connectivity index (χ0) is 16.3. The van der Waals surface area contributed by atoms with Crippen LogP contribution < -0.4 is 11.2 Å². The predicted octanol–water partition coefficient (Wildman–Crippen LogP) is -0.693. The molecule has 0 radical (unpaired) electrons. The smallest absolute Gasteiger partial charge is 0.330 e. The molecule has 3 N–H and O–H groups in total. The Bertz CT molecular complexity index is 651. The van der Waals surface area contributed by atoms with Gasteiger partial charge in [-0.3, -0.25) is 14.3 Å². The molecule has 0 aromatic carbocycles. The molecule has 0 spiro atoms. The van der Waals surface area contributed by atoms with Crippen LogP contribution in [0.3, 0.4) is 0 Å². The number of ether oxygens (including phenoxy) is 1. The van der Waals surface area contributed by atoms with E-state index in [2.05, 4.69) is 4.98 Å². The van der Waals surface area contributed by atoms with Crippen LogP contribution in [0.15, 0.2) is 21.9 Å². The molecule has 1 fully saturated rings. The lowest BCUT2D eigenvalue weighted by molar-refractivity contribution is -0.117. The number of carbonyl (C=O) groups is 1. The van der Waals surface area contributed by atoms with E-state index in [4.69, 9.17) is 4.74 Å². The third kappa shape index (κ3) is 3.52. The molecule has 0 aliphatic carbocycles. The molecule has 0 bridgehead atoms. The van der Waals surface area contributed by atoms with Crippen molar-refractivity contribution in [3.8, 4) is 0 Å². The van der Waals surface area contributed by atoms with Crippen molar-refractivity contribution in [2.24, 2.45) is 0 Å². The van der Waals surface area contributed by atoms with Crippen LogP contribution in [0.5, 0.6) is 0 Å². The standard InChI is InChI=1S/C14H20N2O6/c1-9(18)3-2-5-14(21)7-12(22-10(14)8-17)16-6-4-11(19)15-13(16)20/h4,6,10,12,17,21H,2-3,5,7-8H2,1H3,(H,15,19,20)/t10-,12-,14+/m1/s1. The van der Waals surface area contributed by atoms with Gasteiger partial charge in [-0.2, -0.15) is 0 Å². The van der Waals surface area contributed by atoms with Gasteiger partial charge >= 0.3 is 5.69 Å². The number of ketones is 1. The first-order valence-electron chi connectivity index (χ1n) is 7.15. The maximum absolute atomic E-state index is 11.8. The summed E-state index contributed by atoms with van der Waals surface area (Å²) in [6.07, 6.45) is 0.866. The third-order valence-corrected chi connectivity index (χ3v) is 3.91. The number of Topliss-reactive ketones (excluding diaryl/α,β-unsaturated/α-hetero) is 1. The van der Waals surface area contributed by atoms with E-state index >= 15 is 0 Å². The summed E-state index contributed by atoms with van der Waals surface area (Å²) in [7, 11) is 0. The minimum absolute atomic E-state index is 0.0245. The Labute approximate surface area is 126 Å². The van der Waals surface area contributed by atoms with Crippen molar-refractivity contribution in [3.05, 3.63) is 33.1 Å². The lowest BCUT2D eigenvalue weighted by Gasteiger charge is -2.26. The number of hydrogen-bond acceptors (Lipinski definition) is 6. The van der Waals surface area contributed by atoms with Gasteiger partial charge in [-0.1, -0.05) is 0 Å². The van der Waals surface area contributed by atoms with Crippen LogP contribution in [0.2, 0.25) is 0 Å². The van der Waals surface area contributed by atoms with Crippen molar-refractivity contribution in [1.82, 2.24) is 9.55 Å². The summed E-state index contributed by atoms with van der Waals surface area (Å²) in [6.45, 7) is 1.08. The number of nitrogens with zero attached hydrogens (tertiary/aromatic N) is 1. The molecule has 0 amide bonds. The van der Waals surface area contributed by atoms with Crippen LogP contribution in [-0.4, -0.2) is 43.9 Å². The van der Waals surface area contributed by atoms with Crippen molar-refractivity contribution < 1.29 is 19.7 Å². The number of hydrogen-bond donors (Lipinski definition) is 3. The van der Waals surface area contributed by atoms with Crippen LogP contribution in [0, 0.1) is 0 Å². The first kappa shape index (κ1) is 16.6. The fourth-order valence-electron chi connectivity index (χ4n) is 2.74. The van der Waals surface area contributed by atoms with Gasteiger partial charge in [0.25, 0.3) is 5.56 Å². The molecular weight excluding hydrogens is 292 g/mol. The van der Waals surface area contributed by atoms with Gasteiger partial charge in [0.2, 0.25) is 0 Å². The Hall–Kier alpha value is -1.77. The maximum atomic E-state index is 11.8. The normalized spacial score (nSPS) is 28.0. The zero-order valence-electron chi connectivity index (χ0n) is 12.3. The first-order chi connectivity index (χ1) is 10.4. The monoisotopic (exact) mass is 312 g/mol. The molecule has 1 aliphatic heterocycles. The van der Waals surface area contributed by atoms with Gasteiger partial charge in [-0.25, -0.2) is 4.79 Å². The summed E-state index contributed by atoms with van der Waals surface area (Å²) in [5.74, 6) is 0.0245. The van der Waals surface area contributed by atoms with E-state index in [0.717, 1.165) is 0 Å². The fourth-order valence-corrected chi connectivity index (χ4v) is 2.74. The van der Waals surface area contributed by atoms with E-state index in [-0.39, 0.29) is 18.6 Å². The van der Waals surface area contributed by atoms with Gasteiger partial charge in [-0.15, -0.1) is 0 Å². The molecule has 1 aromatic heterocycles. The summed E-state index contributed by atoms with van der Waals surface area (Å²) in [4.78, 5) is 36.0. The van der Waals surface area contributed by atoms with E-state index in [0.29, 0.717) is 12.8 Å². The Kier molecular flexibility index (Phi) is 4.94. The first-order valence-corrected chi connectivity index (χ1v) is 7.15. The Balaban J connectivity index is 2.15. The summed E-state index contributed by atoms with van der Waals surface area (Å²) in [5.41, 5.74) is -2.47. The Morgan fingerprint density at radius 2 is 2.27 bits per heavy atom. The molecule has 1 saturated heterocycles. The summed E-state index contributed by atoms with van der Waals surface area (Å²) in [6, 6.07) is 1.19. The lowest BCUT2D eigenvalue weighted by Crippen LogP contribution is -2.40. The molecule has 22 heavy (non-hydrogen) atoms. The van der Waals surface area contributed by atoms with Gasteiger partial charge < -0.3 is 19.7 Å². The van der Waals surface area contributed by atoms with Crippen molar-refractivity contribution in [1.29, 1.82) is 0 Å². The van der Waals surface area contributed by atoms with Crippen LogP contribution in [0.25, 0.3) is 0 Å². The Morgan fingerprint density at radius 3 is 2.86 bits per heavy atom. The number of nitrogens with one attached hydrogen (secondary N) is 1. The predicted molar refractivity (Wildman–Crippen MR) is 76.4 cm³/mol. The second-order valence-electron chi connectivity index (χ2n) is 5.64.